The fourth-order valence-corrected chi connectivity index (χ4v) is 5.26. The number of halogens is 2. The lowest BCUT2D eigenvalue weighted by Gasteiger charge is -2.24. The van der Waals surface area contributed by atoms with Crippen molar-refractivity contribution in [3.63, 3.8) is 0 Å². The minimum Gasteiger partial charge on any atom is -0.491 e. The minimum absolute atomic E-state index is 0.0539. The number of hydrogen-bond donors (Lipinski definition) is 1. The topological polar surface area (TPSA) is 75.7 Å². The predicted molar refractivity (Wildman–Crippen MR) is 140 cm³/mol. The van der Waals surface area contributed by atoms with Gasteiger partial charge in [0, 0.05) is 5.39 Å². The SMILES string of the molecule is O=C(CN(c1ccc(Cl)c(Cl)c1)S(=O)(=O)c1ccccc1)NCCOc1cccc2ccccc12. The molecule has 35 heavy (non-hydrogen) atoms. The quantitative estimate of drug-likeness (QED) is 0.289. The van der Waals surface area contributed by atoms with Crippen molar-refractivity contribution >= 4 is 55.6 Å². The summed E-state index contributed by atoms with van der Waals surface area (Å²) in [5.41, 5.74) is 0.227. The van der Waals surface area contributed by atoms with Gasteiger partial charge in [-0.25, -0.2) is 8.42 Å². The van der Waals surface area contributed by atoms with Gasteiger partial charge in [-0.1, -0.05) is 77.8 Å². The molecule has 0 unspecified atom stereocenters. The zero-order valence-electron chi connectivity index (χ0n) is 18.5. The van der Waals surface area contributed by atoms with Crippen molar-refractivity contribution < 1.29 is 17.9 Å². The normalized spacial score (nSPS) is 11.3. The van der Waals surface area contributed by atoms with E-state index in [-0.39, 0.29) is 33.8 Å². The Labute approximate surface area is 214 Å². The summed E-state index contributed by atoms with van der Waals surface area (Å²) in [6, 6.07) is 25.9. The maximum atomic E-state index is 13.3. The number of benzene rings is 4. The molecule has 9 heteroatoms. The number of anilines is 1. The summed E-state index contributed by atoms with van der Waals surface area (Å²) >= 11 is 12.1. The van der Waals surface area contributed by atoms with Crippen molar-refractivity contribution in [1.82, 2.24) is 5.32 Å². The van der Waals surface area contributed by atoms with Gasteiger partial charge >= 0.3 is 0 Å². The molecule has 4 aromatic rings. The molecule has 0 aromatic heterocycles. The minimum atomic E-state index is -4.04. The fourth-order valence-electron chi connectivity index (χ4n) is 3.53. The molecule has 0 heterocycles. The van der Waals surface area contributed by atoms with Crippen LogP contribution in [0.15, 0.2) is 95.9 Å². The second-order valence-corrected chi connectivity index (χ2v) is 10.3. The van der Waals surface area contributed by atoms with Gasteiger partial charge in [0.25, 0.3) is 10.0 Å². The van der Waals surface area contributed by atoms with Crippen molar-refractivity contribution in [3.8, 4) is 5.75 Å². The van der Waals surface area contributed by atoms with Crippen molar-refractivity contribution in [1.29, 1.82) is 0 Å². The number of nitrogens with one attached hydrogen (secondary N) is 1. The Kier molecular flexibility index (Phi) is 7.80. The van der Waals surface area contributed by atoms with Crippen LogP contribution in [0.5, 0.6) is 5.75 Å². The van der Waals surface area contributed by atoms with Crippen LogP contribution in [0.2, 0.25) is 10.0 Å². The number of sulfonamides is 1. The zero-order chi connectivity index (χ0) is 24.8. The predicted octanol–water partition coefficient (Wildman–Crippen LogP) is 5.54. The standard InChI is InChI=1S/C26H22Cl2N2O4S/c27-23-14-13-20(17-24(23)28)30(35(32,33)21-9-2-1-3-10-21)18-26(31)29-15-16-34-25-12-6-8-19-7-4-5-11-22(19)25/h1-14,17H,15-16,18H2,(H,29,31). The second-order valence-electron chi connectivity index (χ2n) is 7.60. The molecule has 0 aliphatic carbocycles. The first-order valence-electron chi connectivity index (χ1n) is 10.8. The van der Waals surface area contributed by atoms with Gasteiger partial charge < -0.3 is 10.1 Å². The summed E-state index contributed by atoms with van der Waals surface area (Å²) in [5, 5.41) is 5.21. The lowest BCUT2D eigenvalue weighted by molar-refractivity contribution is -0.119. The van der Waals surface area contributed by atoms with E-state index in [0.29, 0.717) is 5.75 Å². The molecule has 1 N–H and O–H groups in total. The lowest BCUT2D eigenvalue weighted by Crippen LogP contribution is -2.41. The van der Waals surface area contributed by atoms with E-state index in [1.807, 2.05) is 42.5 Å². The van der Waals surface area contributed by atoms with Crippen molar-refractivity contribution in [2.75, 3.05) is 24.0 Å². The summed E-state index contributed by atoms with van der Waals surface area (Å²) in [6.07, 6.45) is 0. The van der Waals surface area contributed by atoms with Gasteiger partial charge in [0.05, 0.1) is 27.2 Å². The molecule has 1 amide bonds. The van der Waals surface area contributed by atoms with Crippen LogP contribution in [0.1, 0.15) is 0 Å². The fraction of sp³-hybridized carbons (Fsp3) is 0.115. The van der Waals surface area contributed by atoms with Crippen LogP contribution in [0.4, 0.5) is 5.69 Å². The van der Waals surface area contributed by atoms with Crippen LogP contribution in [0.3, 0.4) is 0 Å². The molecule has 4 aromatic carbocycles. The molecule has 0 saturated carbocycles. The van der Waals surface area contributed by atoms with E-state index in [1.54, 1.807) is 18.2 Å². The summed E-state index contributed by atoms with van der Waals surface area (Å²) in [5.74, 6) is 0.221. The Morgan fingerprint density at radius 3 is 2.34 bits per heavy atom. The van der Waals surface area contributed by atoms with Gasteiger partial charge in [0.2, 0.25) is 5.91 Å². The number of ether oxygens (including phenoxy) is 1. The smallest absolute Gasteiger partial charge is 0.264 e. The number of nitrogens with zero attached hydrogens (tertiary/aromatic N) is 1. The average molecular weight is 529 g/mol. The molecule has 4 rings (SSSR count). The Balaban J connectivity index is 1.45. The number of amides is 1. The Bertz CT molecular complexity index is 1440. The Morgan fingerprint density at radius 2 is 1.57 bits per heavy atom. The van der Waals surface area contributed by atoms with E-state index in [9.17, 15) is 13.2 Å². The van der Waals surface area contributed by atoms with E-state index in [4.69, 9.17) is 27.9 Å². The van der Waals surface area contributed by atoms with Crippen LogP contribution in [0, 0.1) is 0 Å². The third-order valence-electron chi connectivity index (χ3n) is 5.24. The molecule has 0 saturated heterocycles. The molecule has 0 radical (unpaired) electrons. The summed E-state index contributed by atoms with van der Waals surface area (Å²) in [6.45, 7) is -0.0237. The molecular formula is C26H22Cl2N2O4S. The number of hydrogen-bond acceptors (Lipinski definition) is 4. The van der Waals surface area contributed by atoms with Crippen LogP contribution < -0.4 is 14.4 Å². The van der Waals surface area contributed by atoms with Gasteiger partial charge in [-0.05, 0) is 41.8 Å². The molecule has 180 valence electrons. The maximum Gasteiger partial charge on any atom is 0.264 e. The van der Waals surface area contributed by atoms with E-state index >= 15 is 0 Å². The van der Waals surface area contributed by atoms with Gasteiger partial charge in [-0.3, -0.25) is 9.10 Å². The monoisotopic (exact) mass is 528 g/mol. The van der Waals surface area contributed by atoms with E-state index < -0.39 is 22.5 Å². The number of rotatable bonds is 9. The van der Waals surface area contributed by atoms with Crippen molar-refractivity contribution in [3.05, 3.63) is 101 Å². The molecular weight excluding hydrogens is 507 g/mol. The highest BCUT2D eigenvalue weighted by Gasteiger charge is 2.27. The molecule has 0 fully saturated rings. The van der Waals surface area contributed by atoms with Gasteiger partial charge in [-0.15, -0.1) is 0 Å². The highest BCUT2D eigenvalue weighted by atomic mass is 35.5. The second kappa shape index (κ2) is 11.0. The maximum absolute atomic E-state index is 13.3. The van der Waals surface area contributed by atoms with Gasteiger partial charge in [-0.2, -0.15) is 0 Å². The summed E-state index contributed by atoms with van der Waals surface area (Å²) < 4.78 is 33.5. The third kappa shape index (κ3) is 5.88. The van der Waals surface area contributed by atoms with E-state index in [1.165, 1.54) is 30.3 Å². The highest BCUT2D eigenvalue weighted by Crippen LogP contribution is 2.30. The molecule has 0 atom stereocenters. The first-order chi connectivity index (χ1) is 16.9. The Morgan fingerprint density at radius 1 is 0.857 bits per heavy atom. The number of carbonyl (C=O) groups excluding carboxylic acids is 1. The van der Waals surface area contributed by atoms with Gasteiger partial charge in [0.1, 0.15) is 18.9 Å². The molecule has 0 spiro atoms. The summed E-state index contributed by atoms with van der Waals surface area (Å²) in [7, 11) is -4.04. The molecule has 0 aliphatic rings. The van der Waals surface area contributed by atoms with E-state index in [0.717, 1.165) is 15.1 Å². The van der Waals surface area contributed by atoms with Crippen molar-refractivity contribution in [2.24, 2.45) is 0 Å². The number of fused-ring (bicyclic) bond motifs is 1. The molecule has 6 nitrogen and oxygen atoms in total. The van der Waals surface area contributed by atoms with Crippen LogP contribution in [-0.4, -0.2) is 34.0 Å². The van der Waals surface area contributed by atoms with E-state index in [2.05, 4.69) is 5.32 Å². The number of carbonyl (C=O) groups is 1. The van der Waals surface area contributed by atoms with Crippen LogP contribution in [-0.2, 0) is 14.8 Å². The summed E-state index contributed by atoms with van der Waals surface area (Å²) in [4.78, 5) is 12.8. The van der Waals surface area contributed by atoms with Crippen molar-refractivity contribution in [2.45, 2.75) is 4.90 Å². The van der Waals surface area contributed by atoms with Gasteiger partial charge in [0.15, 0.2) is 0 Å². The zero-order valence-corrected chi connectivity index (χ0v) is 20.9. The molecule has 0 bridgehead atoms. The Hall–Kier alpha value is -3.26. The third-order valence-corrected chi connectivity index (χ3v) is 7.77. The lowest BCUT2D eigenvalue weighted by atomic mass is 10.1. The molecule has 0 aliphatic heterocycles. The average Bonchev–Trinajstić information content (AvgIpc) is 2.87. The largest absolute Gasteiger partial charge is 0.491 e. The first kappa shape index (κ1) is 24.9. The first-order valence-corrected chi connectivity index (χ1v) is 13.0. The highest BCUT2D eigenvalue weighted by molar-refractivity contribution is 7.92. The van der Waals surface area contributed by atoms with Crippen LogP contribution in [0.25, 0.3) is 10.8 Å². The van der Waals surface area contributed by atoms with Crippen LogP contribution >= 0.6 is 23.2 Å².